The number of unbranched alkanes of at least 4 members (excludes halogenated alkanes) is 2. The topological polar surface area (TPSA) is 0 Å². The minimum absolute atomic E-state index is 0.799. The molecule has 0 unspecified atom stereocenters. The third-order valence-corrected chi connectivity index (χ3v) is 1.96. The number of rotatable bonds is 4. The van der Waals surface area contributed by atoms with E-state index in [9.17, 15) is 8.22 Å². The van der Waals surface area contributed by atoms with Crippen molar-refractivity contribution in [2.45, 2.75) is 32.7 Å². The molecular formula is C7H14F2Si. The monoisotopic (exact) mass is 164 g/mol. The summed E-state index contributed by atoms with van der Waals surface area (Å²) in [4.78, 5) is 0. The zero-order valence-electron chi connectivity index (χ0n) is 6.53. The Labute approximate surface area is 62.3 Å². The molecule has 0 aliphatic carbocycles. The van der Waals surface area contributed by atoms with Gasteiger partial charge in [-0.3, -0.25) is 8.22 Å². The molecule has 0 fully saturated rings. The first-order valence-electron chi connectivity index (χ1n) is 3.62. The number of halogens is 2. The molecule has 3 heteroatoms. The standard InChI is InChI=1S/C7H14F2Si/c1-3-4-5-6-7-10(2,8)9/h6-7H,3-5H2,1-2H3/b7-6+. The molecule has 0 saturated heterocycles. The summed E-state index contributed by atoms with van der Waals surface area (Å²) in [5, 5.41) is 0. The second-order valence-corrected chi connectivity index (χ2v) is 4.75. The molecule has 0 heterocycles. The van der Waals surface area contributed by atoms with Gasteiger partial charge in [-0.05, 0) is 18.7 Å². The Balaban J connectivity index is 3.37. The summed E-state index contributed by atoms with van der Waals surface area (Å²) in [6.45, 7) is 3.09. The quantitative estimate of drug-likeness (QED) is 0.340. The molecule has 0 atom stereocenters. The van der Waals surface area contributed by atoms with Crippen molar-refractivity contribution < 1.29 is 8.22 Å². The molecule has 0 amide bonds. The van der Waals surface area contributed by atoms with Crippen LogP contribution >= 0.6 is 0 Å². The van der Waals surface area contributed by atoms with Crippen molar-refractivity contribution in [3.8, 4) is 0 Å². The van der Waals surface area contributed by atoms with Crippen LogP contribution in [0.1, 0.15) is 26.2 Å². The molecule has 60 valence electrons. The highest BCUT2D eigenvalue weighted by molar-refractivity contribution is 6.69. The molecule has 0 aliphatic heterocycles. The van der Waals surface area contributed by atoms with E-state index in [0.29, 0.717) is 0 Å². The molecule has 0 bridgehead atoms. The first-order valence-corrected chi connectivity index (χ1v) is 5.95. The van der Waals surface area contributed by atoms with Crippen LogP contribution in [-0.4, -0.2) is 8.74 Å². The average Bonchev–Trinajstić information content (AvgIpc) is 1.78. The van der Waals surface area contributed by atoms with Gasteiger partial charge >= 0.3 is 8.74 Å². The van der Waals surface area contributed by atoms with E-state index < -0.39 is 8.74 Å². The van der Waals surface area contributed by atoms with Crippen LogP contribution in [0, 0.1) is 0 Å². The lowest BCUT2D eigenvalue weighted by Crippen LogP contribution is -2.11. The van der Waals surface area contributed by atoms with Gasteiger partial charge < -0.3 is 0 Å². The first kappa shape index (κ1) is 9.82. The Hall–Kier alpha value is -0.183. The SMILES string of the molecule is CCCC/C=C/[Si](C)(F)F. The Morgan fingerprint density at radius 3 is 2.40 bits per heavy atom. The normalized spacial score (nSPS) is 12.8. The molecule has 10 heavy (non-hydrogen) atoms. The lowest BCUT2D eigenvalue weighted by Gasteiger charge is -1.96. The third kappa shape index (κ3) is 7.82. The second kappa shape index (κ2) is 4.60. The fourth-order valence-electron chi connectivity index (χ4n) is 0.612. The van der Waals surface area contributed by atoms with Crippen molar-refractivity contribution in [1.82, 2.24) is 0 Å². The molecule has 0 aromatic carbocycles. The summed E-state index contributed by atoms with van der Waals surface area (Å²) < 4.78 is 24.4. The Bertz CT molecular complexity index is 105. The minimum atomic E-state index is -3.89. The van der Waals surface area contributed by atoms with E-state index in [4.69, 9.17) is 0 Å². The van der Waals surface area contributed by atoms with Gasteiger partial charge in [0.2, 0.25) is 0 Å². The maximum absolute atomic E-state index is 12.2. The van der Waals surface area contributed by atoms with Crippen LogP contribution in [-0.2, 0) is 0 Å². The van der Waals surface area contributed by atoms with Crippen molar-refractivity contribution in [2.24, 2.45) is 0 Å². The lowest BCUT2D eigenvalue weighted by molar-refractivity contribution is 0.639. The first-order chi connectivity index (χ1) is 4.56. The highest BCUT2D eigenvalue weighted by Crippen LogP contribution is 2.08. The van der Waals surface area contributed by atoms with E-state index in [0.717, 1.165) is 31.5 Å². The molecule has 0 N–H and O–H groups in total. The zero-order valence-corrected chi connectivity index (χ0v) is 7.53. The number of hydrogen-bond acceptors (Lipinski definition) is 0. The molecular weight excluding hydrogens is 150 g/mol. The second-order valence-electron chi connectivity index (χ2n) is 2.50. The van der Waals surface area contributed by atoms with Gasteiger partial charge in [0.05, 0.1) is 0 Å². The van der Waals surface area contributed by atoms with Crippen LogP contribution < -0.4 is 0 Å². The van der Waals surface area contributed by atoms with E-state index in [2.05, 4.69) is 6.92 Å². The van der Waals surface area contributed by atoms with E-state index in [-0.39, 0.29) is 0 Å². The van der Waals surface area contributed by atoms with Crippen LogP contribution in [0.2, 0.25) is 6.55 Å². The number of allylic oxidation sites excluding steroid dienone is 1. The Kier molecular flexibility index (Phi) is 4.52. The van der Waals surface area contributed by atoms with Gasteiger partial charge in [0.15, 0.2) is 0 Å². The predicted molar refractivity (Wildman–Crippen MR) is 42.5 cm³/mol. The van der Waals surface area contributed by atoms with E-state index in [1.807, 2.05) is 0 Å². The summed E-state index contributed by atoms with van der Waals surface area (Å²) in [6, 6.07) is 0. The van der Waals surface area contributed by atoms with Crippen LogP contribution in [0.3, 0.4) is 0 Å². The van der Waals surface area contributed by atoms with Crippen molar-refractivity contribution in [1.29, 1.82) is 0 Å². The Morgan fingerprint density at radius 1 is 1.40 bits per heavy atom. The fourth-order valence-corrected chi connectivity index (χ4v) is 1.19. The van der Waals surface area contributed by atoms with Gasteiger partial charge in [-0.15, -0.1) is 0 Å². The molecule has 0 rings (SSSR count). The maximum atomic E-state index is 12.2. The van der Waals surface area contributed by atoms with Gasteiger partial charge in [-0.1, -0.05) is 25.8 Å². The predicted octanol–water partition coefficient (Wildman–Crippen LogP) is 3.28. The smallest absolute Gasteiger partial charge is 0.265 e. The van der Waals surface area contributed by atoms with Crippen molar-refractivity contribution >= 4 is 8.74 Å². The van der Waals surface area contributed by atoms with Gasteiger partial charge in [0, 0.05) is 0 Å². The lowest BCUT2D eigenvalue weighted by atomic mass is 10.2. The van der Waals surface area contributed by atoms with Crippen molar-refractivity contribution in [2.75, 3.05) is 0 Å². The summed E-state index contributed by atoms with van der Waals surface area (Å²) in [6.07, 6.45) is 4.49. The molecule has 0 aliphatic rings. The summed E-state index contributed by atoms with van der Waals surface area (Å²) >= 11 is 0. The molecule has 0 aromatic heterocycles. The van der Waals surface area contributed by atoms with E-state index in [1.165, 1.54) is 0 Å². The molecule has 0 spiro atoms. The highest BCUT2D eigenvalue weighted by atomic mass is 28.4. The molecule has 0 saturated carbocycles. The van der Waals surface area contributed by atoms with Crippen LogP contribution in [0.25, 0.3) is 0 Å². The van der Waals surface area contributed by atoms with Crippen molar-refractivity contribution in [3.05, 3.63) is 11.8 Å². The summed E-state index contributed by atoms with van der Waals surface area (Å²) in [5.74, 6) is 0. The average molecular weight is 164 g/mol. The van der Waals surface area contributed by atoms with Gasteiger partial charge in [-0.25, -0.2) is 0 Å². The van der Waals surface area contributed by atoms with E-state index in [1.54, 1.807) is 6.08 Å². The minimum Gasteiger partial charge on any atom is -0.265 e. The van der Waals surface area contributed by atoms with Crippen LogP contribution in [0.15, 0.2) is 11.8 Å². The largest absolute Gasteiger partial charge is 0.445 e. The summed E-state index contributed by atoms with van der Waals surface area (Å²) in [5.41, 5.74) is 1.10. The molecule has 0 radical (unpaired) electrons. The maximum Gasteiger partial charge on any atom is 0.445 e. The highest BCUT2D eigenvalue weighted by Gasteiger charge is 2.22. The van der Waals surface area contributed by atoms with Crippen LogP contribution in [0.5, 0.6) is 0 Å². The number of hydrogen-bond donors (Lipinski definition) is 0. The Morgan fingerprint density at radius 2 is 2.00 bits per heavy atom. The third-order valence-electron chi connectivity index (χ3n) is 1.13. The fraction of sp³-hybridized carbons (Fsp3) is 0.714. The zero-order chi connectivity index (χ0) is 8.04. The van der Waals surface area contributed by atoms with Gasteiger partial charge in [0.25, 0.3) is 0 Å². The van der Waals surface area contributed by atoms with Gasteiger partial charge in [-0.2, -0.15) is 0 Å². The summed E-state index contributed by atoms with van der Waals surface area (Å²) in [7, 11) is -3.89. The van der Waals surface area contributed by atoms with Crippen LogP contribution in [0.4, 0.5) is 8.22 Å². The molecule has 0 aromatic rings. The molecule has 0 nitrogen and oxygen atoms in total. The van der Waals surface area contributed by atoms with Gasteiger partial charge in [0.1, 0.15) is 0 Å². The van der Waals surface area contributed by atoms with Crippen molar-refractivity contribution in [3.63, 3.8) is 0 Å². The van der Waals surface area contributed by atoms with E-state index >= 15 is 0 Å².